The van der Waals surface area contributed by atoms with Crippen LogP contribution >= 0.6 is 0 Å². The molecule has 2 fully saturated rings. The van der Waals surface area contributed by atoms with Crippen molar-refractivity contribution in [1.82, 2.24) is 4.90 Å². The van der Waals surface area contributed by atoms with Gasteiger partial charge in [0.05, 0.1) is 6.61 Å². The molecule has 2 aliphatic heterocycles. The zero-order valence-corrected chi connectivity index (χ0v) is 14.2. The van der Waals surface area contributed by atoms with Crippen LogP contribution in [0.15, 0.2) is 30.3 Å². The van der Waals surface area contributed by atoms with Crippen molar-refractivity contribution in [2.75, 3.05) is 13.7 Å². The van der Waals surface area contributed by atoms with Crippen molar-refractivity contribution in [3.05, 3.63) is 35.9 Å². The van der Waals surface area contributed by atoms with E-state index in [1.807, 2.05) is 18.2 Å². The fraction of sp³-hybridized carbons (Fsp3) is 0.650. The van der Waals surface area contributed by atoms with Gasteiger partial charge in [0, 0.05) is 31.0 Å². The van der Waals surface area contributed by atoms with Gasteiger partial charge in [-0.1, -0.05) is 36.8 Å². The van der Waals surface area contributed by atoms with Crippen molar-refractivity contribution in [2.24, 2.45) is 5.92 Å². The number of ketones is 1. The summed E-state index contributed by atoms with van der Waals surface area (Å²) in [6, 6.07) is 11.5. The van der Waals surface area contributed by atoms with E-state index in [2.05, 4.69) is 24.1 Å². The Bertz CT molecular complexity index is 488. The summed E-state index contributed by atoms with van der Waals surface area (Å²) in [5.41, 5.74) is 1.20. The average Bonchev–Trinajstić information content (AvgIpc) is 2.55. The van der Waals surface area contributed by atoms with Gasteiger partial charge < -0.3 is 9.64 Å². The van der Waals surface area contributed by atoms with Gasteiger partial charge in [0.1, 0.15) is 5.78 Å². The topological polar surface area (TPSA) is 29.5 Å². The summed E-state index contributed by atoms with van der Waals surface area (Å²) < 4.78 is 5.69. The molecule has 0 saturated carbocycles. The van der Waals surface area contributed by atoms with Gasteiger partial charge in [-0.15, -0.1) is 0 Å². The predicted molar refractivity (Wildman–Crippen MR) is 92.3 cm³/mol. The molecule has 2 bridgehead atoms. The fourth-order valence-electron chi connectivity index (χ4n) is 4.20. The van der Waals surface area contributed by atoms with Gasteiger partial charge >= 0.3 is 0 Å². The lowest BCUT2D eigenvalue weighted by atomic mass is 9.76. The Morgan fingerprint density at radius 1 is 1.17 bits per heavy atom. The highest BCUT2D eigenvalue weighted by Gasteiger charge is 2.38. The molecule has 2 saturated heterocycles. The Balaban J connectivity index is 1.35. The summed E-state index contributed by atoms with van der Waals surface area (Å²) in [5.74, 6) is 0.772. The lowest BCUT2D eigenvalue weighted by molar-refractivity contribution is -0.127. The van der Waals surface area contributed by atoms with Crippen molar-refractivity contribution in [3.63, 3.8) is 0 Å². The highest BCUT2D eigenvalue weighted by Crippen LogP contribution is 2.36. The molecule has 0 aliphatic carbocycles. The number of hydrogen-bond donors (Lipinski definition) is 0. The molecule has 2 atom stereocenters. The van der Waals surface area contributed by atoms with Gasteiger partial charge in [0.15, 0.2) is 0 Å². The third-order valence-electron chi connectivity index (χ3n) is 5.62. The number of hydrogen-bond acceptors (Lipinski definition) is 3. The van der Waals surface area contributed by atoms with Crippen LogP contribution in [0, 0.1) is 5.92 Å². The second-order valence-electron chi connectivity index (χ2n) is 7.18. The zero-order chi connectivity index (χ0) is 16.1. The monoisotopic (exact) mass is 315 g/mol. The van der Waals surface area contributed by atoms with Crippen molar-refractivity contribution in [2.45, 2.75) is 63.6 Å². The molecule has 23 heavy (non-hydrogen) atoms. The number of fused-ring (bicyclic) bond motifs is 2. The first-order chi connectivity index (χ1) is 11.2. The van der Waals surface area contributed by atoms with Crippen LogP contribution < -0.4 is 0 Å². The Morgan fingerprint density at radius 3 is 2.57 bits per heavy atom. The molecule has 0 amide bonds. The number of piperidine rings is 2. The number of ether oxygens (including phenoxy) is 1. The van der Waals surface area contributed by atoms with E-state index >= 15 is 0 Å². The summed E-state index contributed by atoms with van der Waals surface area (Å²) >= 11 is 0. The molecule has 2 unspecified atom stereocenters. The molecule has 1 aromatic rings. The maximum Gasteiger partial charge on any atom is 0.136 e. The van der Waals surface area contributed by atoms with Crippen LogP contribution in [0.3, 0.4) is 0 Å². The van der Waals surface area contributed by atoms with Crippen LogP contribution in [-0.4, -0.2) is 36.4 Å². The first-order valence-corrected chi connectivity index (χ1v) is 9.10. The second-order valence-corrected chi connectivity index (χ2v) is 7.18. The standard InChI is InChI=1S/C20H29NO2/c1-21-18-9-5-10-19(21)14-17(13-18)20(22)11-6-12-23-15-16-7-3-2-4-8-16/h2-4,7-8,17-19H,5-6,9-15H2,1H3. The molecule has 0 aromatic heterocycles. The number of rotatable bonds is 7. The normalized spacial score (nSPS) is 27.8. The van der Waals surface area contributed by atoms with Crippen LogP contribution in [0.5, 0.6) is 0 Å². The fourth-order valence-corrected chi connectivity index (χ4v) is 4.20. The minimum atomic E-state index is 0.302. The summed E-state index contributed by atoms with van der Waals surface area (Å²) in [6.45, 7) is 1.33. The largest absolute Gasteiger partial charge is 0.377 e. The van der Waals surface area contributed by atoms with Crippen molar-refractivity contribution in [1.29, 1.82) is 0 Å². The molecule has 3 nitrogen and oxygen atoms in total. The second kappa shape index (κ2) is 8.07. The Morgan fingerprint density at radius 2 is 1.87 bits per heavy atom. The molecule has 2 heterocycles. The van der Waals surface area contributed by atoms with Crippen LogP contribution in [0.4, 0.5) is 0 Å². The quantitative estimate of drug-likeness (QED) is 0.717. The summed E-state index contributed by atoms with van der Waals surface area (Å²) in [7, 11) is 2.24. The lowest BCUT2D eigenvalue weighted by Gasteiger charge is -2.46. The van der Waals surface area contributed by atoms with Crippen LogP contribution in [0.2, 0.25) is 0 Å². The summed E-state index contributed by atoms with van der Waals surface area (Å²) in [6.07, 6.45) is 7.59. The van der Waals surface area contributed by atoms with Crippen LogP contribution in [0.25, 0.3) is 0 Å². The van der Waals surface area contributed by atoms with E-state index in [0.717, 1.165) is 19.3 Å². The number of carbonyl (C=O) groups excluding carboxylic acids is 1. The highest BCUT2D eigenvalue weighted by molar-refractivity contribution is 5.81. The summed E-state index contributed by atoms with van der Waals surface area (Å²) in [5, 5.41) is 0. The van der Waals surface area contributed by atoms with E-state index in [1.165, 1.54) is 24.8 Å². The van der Waals surface area contributed by atoms with E-state index < -0.39 is 0 Å². The maximum atomic E-state index is 12.5. The van der Waals surface area contributed by atoms with E-state index in [1.54, 1.807) is 0 Å². The van der Waals surface area contributed by atoms with Gasteiger partial charge in [-0.2, -0.15) is 0 Å². The third kappa shape index (κ3) is 4.42. The molecule has 0 radical (unpaired) electrons. The van der Waals surface area contributed by atoms with Crippen LogP contribution in [0.1, 0.15) is 50.5 Å². The molecule has 0 spiro atoms. The predicted octanol–water partition coefficient (Wildman–Crippen LogP) is 3.82. The molecule has 126 valence electrons. The number of Topliss-reactive ketones (excluding diaryl/α,β-unsaturated/α-hetero) is 1. The van der Waals surface area contributed by atoms with Gasteiger partial charge in [-0.25, -0.2) is 0 Å². The molecular formula is C20H29NO2. The molecular weight excluding hydrogens is 286 g/mol. The van der Waals surface area contributed by atoms with Crippen molar-refractivity contribution >= 4 is 5.78 Å². The number of benzene rings is 1. The van der Waals surface area contributed by atoms with Gasteiger partial charge in [0.25, 0.3) is 0 Å². The van der Waals surface area contributed by atoms with Crippen molar-refractivity contribution < 1.29 is 9.53 Å². The first kappa shape index (κ1) is 16.7. The first-order valence-electron chi connectivity index (χ1n) is 9.10. The van der Waals surface area contributed by atoms with E-state index in [0.29, 0.717) is 43.4 Å². The minimum Gasteiger partial charge on any atom is -0.377 e. The maximum absolute atomic E-state index is 12.5. The smallest absolute Gasteiger partial charge is 0.136 e. The zero-order valence-electron chi connectivity index (χ0n) is 14.2. The Hall–Kier alpha value is -1.19. The SMILES string of the molecule is CN1C2CCCC1CC(C(=O)CCCOCc1ccccc1)C2. The van der Waals surface area contributed by atoms with Crippen molar-refractivity contribution in [3.8, 4) is 0 Å². The van der Waals surface area contributed by atoms with Gasteiger partial charge in [-0.3, -0.25) is 4.79 Å². The molecule has 2 aliphatic rings. The lowest BCUT2D eigenvalue weighted by Crippen LogP contribution is -2.51. The van der Waals surface area contributed by atoms with E-state index in [-0.39, 0.29) is 0 Å². The molecule has 3 rings (SSSR count). The van der Waals surface area contributed by atoms with Gasteiger partial charge in [-0.05, 0) is 44.7 Å². The molecule has 1 aromatic carbocycles. The highest BCUT2D eigenvalue weighted by atomic mass is 16.5. The number of carbonyl (C=O) groups is 1. The minimum absolute atomic E-state index is 0.302. The average molecular weight is 315 g/mol. The summed E-state index contributed by atoms with van der Waals surface area (Å²) in [4.78, 5) is 15.0. The molecule has 0 N–H and O–H groups in total. The number of nitrogens with zero attached hydrogens (tertiary/aromatic N) is 1. The van der Waals surface area contributed by atoms with Gasteiger partial charge in [0.2, 0.25) is 0 Å². The van der Waals surface area contributed by atoms with E-state index in [9.17, 15) is 4.79 Å². The van der Waals surface area contributed by atoms with Crippen LogP contribution in [-0.2, 0) is 16.1 Å². The Labute approximate surface area is 140 Å². The Kier molecular flexibility index (Phi) is 5.85. The third-order valence-corrected chi connectivity index (χ3v) is 5.62. The van der Waals surface area contributed by atoms with E-state index in [4.69, 9.17) is 4.74 Å². The molecule has 3 heteroatoms.